The molecule has 1 aromatic rings. The van der Waals surface area contributed by atoms with Crippen LogP contribution in [0.5, 0.6) is 0 Å². The van der Waals surface area contributed by atoms with E-state index in [4.69, 9.17) is 5.73 Å². The van der Waals surface area contributed by atoms with E-state index in [1.165, 1.54) is 5.56 Å². The first-order chi connectivity index (χ1) is 9.02. The van der Waals surface area contributed by atoms with Crippen molar-refractivity contribution in [2.24, 2.45) is 10.7 Å². The Bertz CT molecular complexity index is 412. The average Bonchev–Trinajstić information content (AvgIpc) is 2.38. The third-order valence-electron chi connectivity index (χ3n) is 3.22. The Morgan fingerprint density at radius 3 is 2.79 bits per heavy atom. The largest absolute Gasteiger partial charge is 0.370 e. The molecule has 0 radical (unpaired) electrons. The minimum Gasteiger partial charge on any atom is -0.370 e. The molecule has 0 aromatic heterocycles. The van der Waals surface area contributed by atoms with Crippen LogP contribution >= 0.6 is 0 Å². The van der Waals surface area contributed by atoms with Gasteiger partial charge in [0.05, 0.1) is 6.54 Å². The Balaban J connectivity index is 2.47. The number of aliphatic imine (C=N–C) groups is 1. The van der Waals surface area contributed by atoms with Crippen molar-refractivity contribution in [3.05, 3.63) is 29.8 Å². The topological polar surface area (TPSA) is 53.6 Å². The van der Waals surface area contributed by atoms with Gasteiger partial charge in [0.2, 0.25) is 0 Å². The van der Waals surface area contributed by atoms with Crippen LogP contribution in [0.25, 0.3) is 0 Å². The lowest BCUT2D eigenvalue weighted by Crippen LogP contribution is -2.30. The molecule has 106 valence electrons. The van der Waals surface area contributed by atoms with E-state index in [2.05, 4.69) is 55.2 Å². The number of nitrogens with zero attached hydrogens (tertiary/aromatic N) is 2. The molecule has 0 unspecified atom stereocenters. The number of likely N-dealkylation sites (N-methyl/N-ethyl adjacent to an activating group) is 1. The first-order valence-corrected chi connectivity index (χ1v) is 6.89. The predicted octanol–water partition coefficient (Wildman–Crippen LogP) is 2.32. The Kier molecular flexibility index (Phi) is 6.36. The number of hydrogen-bond donors (Lipinski definition) is 2. The summed E-state index contributed by atoms with van der Waals surface area (Å²) in [5.41, 5.74) is 8.17. The van der Waals surface area contributed by atoms with E-state index in [1.54, 1.807) is 0 Å². The van der Waals surface area contributed by atoms with Crippen molar-refractivity contribution >= 4 is 11.6 Å². The smallest absolute Gasteiger partial charge is 0.193 e. The van der Waals surface area contributed by atoms with E-state index in [1.807, 2.05) is 12.1 Å². The molecule has 0 saturated carbocycles. The SMILES string of the molecule is CCc1cccc(NC(N)=NCCN(C)C(C)C)c1. The second-order valence-electron chi connectivity index (χ2n) is 5.02. The molecule has 1 aromatic carbocycles. The van der Waals surface area contributed by atoms with Gasteiger partial charge in [-0.05, 0) is 45.0 Å². The standard InChI is InChI=1S/C15H26N4/c1-5-13-7-6-8-14(11-13)18-15(16)17-9-10-19(4)12(2)3/h6-8,11-12H,5,9-10H2,1-4H3,(H3,16,17,18). The summed E-state index contributed by atoms with van der Waals surface area (Å²) in [4.78, 5) is 6.58. The molecule has 4 nitrogen and oxygen atoms in total. The monoisotopic (exact) mass is 262 g/mol. The van der Waals surface area contributed by atoms with Gasteiger partial charge in [-0.15, -0.1) is 0 Å². The molecule has 4 heteroatoms. The fourth-order valence-electron chi connectivity index (χ4n) is 1.64. The number of benzene rings is 1. The number of guanidine groups is 1. The van der Waals surface area contributed by atoms with Crippen LogP contribution in [0.3, 0.4) is 0 Å². The minimum atomic E-state index is 0.477. The molecule has 1 rings (SSSR count). The fourth-order valence-corrected chi connectivity index (χ4v) is 1.64. The zero-order chi connectivity index (χ0) is 14.3. The Morgan fingerprint density at radius 2 is 2.16 bits per heavy atom. The van der Waals surface area contributed by atoms with E-state index in [-0.39, 0.29) is 0 Å². The Labute approximate surface area is 116 Å². The summed E-state index contributed by atoms with van der Waals surface area (Å²) in [5, 5.41) is 3.13. The average molecular weight is 262 g/mol. The molecule has 0 saturated heterocycles. The number of nitrogens with one attached hydrogen (secondary N) is 1. The second-order valence-corrected chi connectivity index (χ2v) is 5.02. The summed E-state index contributed by atoms with van der Waals surface area (Å²) >= 11 is 0. The van der Waals surface area contributed by atoms with E-state index in [0.29, 0.717) is 18.5 Å². The highest BCUT2D eigenvalue weighted by molar-refractivity contribution is 5.92. The van der Waals surface area contributed by atoms with Gasteiger partial charge in [0.15, 0.2) is 5.96 Å². The van der Waals surface area contributed by atoms with Crippen molar-refractivity contribution in [3.8, 4) is 0 Å². The summed E-state index contributed by atoms with van der Waals surface area (Å²) in [6, 6.07) is 8.77. The minimum absolute atomic E-state index is 0.477. The van der Waals surface area contributed by atoms with Crippen LogP contribution in [-0.2, 0) is 6.42 Å². The molecule has 0 bridgehead atoms. The Hall–Kier alpha value is -1.55. The lowest BCUT2D eigenvalue weighted by atomic mass is 10.1. The number of aryl methyl sites for hydroxylation is 1. The number of hydrogen-bond acceptors (Lipinski definition) is 2. The van der Waals surface area contributed by atoms with Gasteiger partial charge < -0.3 is 16.0 Å². The van der Waals surface area contributed by atoms with Crippen molar-refractivity contribution < 1.29 is 0 Å². The van der Waals surface area contributed by atoms with Crippen molar-refractivity contribution in [2.75, 3.05) is 25.5 Å². The number of rotatable bonds is 6. The van der Waals surface area contributed by atoms with E-state index < -0.39 is 0 Å². The quantitative estimate of drug-likeness (QED) is 0.611. The third kappa shape index (κ3) is 5.75. The van der Waals surface area contributed by atoms with Gasteiger partial charge >= 0.3 is 0 Å². The normalized spacial score (nSPS) is 12.2. The van der Waals surface area contributed by atoms with Crippen molar-refractivity contribution in [2.45, 2.75) is 33.2 Å². The molecule has 0 aliphatic heterocycles. The van der Waals surface area contributed by atoms with Crippen LogP contribution in [0, 0.1) is 0 Å². The molecule has 0 fully saturated rings. The summed E-state index contributed by atoms with van der Waals surface area (Å²) < 4.78 is 0. The van der Waals surface area contributed by atoms with Crippen molar-refractivity contribution in [3.63, 3.8) is 0 Å². The maximum Gasteiger partial charge on any atom is 0.193 e. The summed E-state index contributed by atoms with van der Waals surface area (Å²) in [5.74, 6) is 0.477. The summed E-state index contributed by atoms with van der Waals surface area (Å²) in [6.45, 7) is 8.09. The van der Waals surface area contributed by atoms with Crippen LogP contribution in [0.4, 0.5) is 5.69 Å². The summed E-state index contributed by atoms with van der Waals surface area (Å²) in [6.07, 6.45) is 1.02. The van der Waals surface area contributed by atoms with Gasteiger partial charge in [-0.1, -0.05) is 19.1 Å². The van der Waals surface area contributed by atoms with E-state index in [0.717, 1.165) is 18.7 Å². The van der Waals surface area contributed by atoms with Crippen LogP contribution in [0.15, 0.2) is 29.3 Å². The molecule has 0 heterocycles. The maximum atomic E-state index is 5.88. The van der Waals surface area contributed by atoms with Crippen LogP contribution in [-0.4, -0.2) is 37.0 Å². The molecule has 0 aliphatic rings. The molecular formula is C15H26N4. The lowest BCUT2D eigenvalue weighted by molar-refractivity contribution is 0.282. The van der Waals surface area contributed by atoms with Crippen LogP contribution in [0.2, 0.25) is 0 Å². The molecule has 0 amide bonds. The maximum absolute atomic E-state index is 5.88. The van der Waals surface area contributed by atoms with E-state index in [9.17, 15) is 0 Å². The first-order valence-electron chi connectivity index (χ1n) is 6.89. The predicted molar refractivity (Wildman–Crippen MR) is 83.7 cm³/mol. The highest BCUT2D eigenvalue weighted by atomic mass is 15.1. The molecule has 19 heavy (non-hydrogen) atoms. The molecule has 3 N–H and O–H groups in total. The van der Waals surface area contributed by atoms with Gasteiger partial charge in [0, 0.05) is 18.3 Å². The zero-order valence-electron chi connectivity index (χ0n) is 12.5. The zero-order valence-corrected chi connectivity index (χ0v) is 12.5. The molecule has 0 spiro atoms. The highest BCUT2D eigenvalue weighted by Gasteiger charge is 2.01. The summed E-state index contributed by atoms with van der Waals surface area (Å²) in [7, 11) is 2.09. The van der Waals surface area contributed by atoms with Gasteiger partial charge in [-0.25, -0.2) is 0 Å². The lowest BCUT2D eigenvalue weighted by Gasteiger charge is -2.19. The molecular weight excluding hydrogens is 236 g/mol. The third-order valence-corrected chi connectivity index (χ3v) is 3.22. The fraction of sp³-hybridized carbons (Fsp3) is 0.533. The van der Waals surface area contributed by atoms with Gasteiger partial charge in [0.1, 0.15) is 0 Å². The van der Waals surface area contributed by atoms with Crippen LogP contribution in [0.1, 0.15) is 26.3 Å². The molecule has 0 atom stereocenters. The van der Waals surface area contributed by atoms with Gasteiger partial charge in [-0.2, -0.15) is 0 Å². The second kappa shape index (κ2) is 7.79. The first kappa shape index (κ1) is 15.5. The van der Waals surface area contributed by atoms with Crippen molar-refractivity contribution in [1.82, 2.24) is 4.90 Å². The molecule has 0 aliphatic carbocycles. The van der Waals surface area contributed by atoms with Gasteiger partial charge in [0.25, 0.3) is 0 Å². The van der Waals surface area contributed by atoms with E-state index >= 15 is 0 Å². The number of nitrogens with two attached hydrogens (primary N) is 1. The van der Waals surface area contributed by atoms with Gasteiger partial charge in [-0.3, -0.25) is 4.99 Å². The van der Waals surface area contributed by atoms with Crippen LogP contribution < -0.4 is 11.1 Å². The highest BCUT2D eigenvalue weighted by Crippen LogP contribution is 2.10. The number of anilines is 1. The van der Waals surface area contributed by atoms with Crippen molar-refractivity contribution in [1.29, 1.82) is 0 Å². The Morgan fingerprint density at radius 1 is 1.42 bits per heavy atom.